The van der Waals surface area contributed by atoms with Gasteiger partial charge in [-0.1, -0.05) is 19.4 Å². The summed E-state index contributed by atoms with van der Waals surface area (Å²) >= 11 is 0. The Bertz CT molecular complexity index is 575. The molecule has 0 unspecified atom stereocenters. The normalized spacial score (nSPS) is 15.0. The number of guanidine groups is 1. The molecule has 0 aromatic heterocycles. The Morgan fingerprint density at radius 2 is 1.82 bits per heavy atom. The van der Waals surface area contributed by atoms with E-state index < -0.39 is 0 Å². The van der Waals surface area contributed by atoms with E-state index in [1.165, 1.54) is 5.69 Å². The lowest BCUT2D eigenvalue weighted by atomic mass is 10.2. The number of hydrogen-bond acceptors (Lipinski definition) is 5. The molecule has 1 aliphatic rings. The maximum absolute atomic E-state index is 5.61. The number of hydrogen-bond donors (Lipinski definition) is 1. The Hall–Kier alpha value is -1.99. The summed E-state index contributed by atoms with van der Waals surface area (Å²) in [5, 5.41) is 3.39. The highest BCUT2D eigenvalue weighted by molar-refractivity contribution is 5.80. The number of piperazine rings is 1. The maximum Gasteiger partial charge on any atom is 0.193 e. The first-order chi connectivity index (χ1) is 13.8. The van der Waals surface area contributed by atoms with Crippen LogP contribution in [0.5, 0.6) is 5.75 Å². The molecule has 158 valence electrons. The molecule has 7 heteroatoms. The third-order valence-corrected chi connectivity index (χ3v) is 4.75. The van der Waals surface area contributed by atoms with Gasteiger partial charge >= 0.3 is 0 Å². The molecule has 1 aromatic rings. The number of methoxy groups -OCH3 is 1. The molecule has 28 heavy (non-hydrogen) atoms. The maximum atomic E-state index is 5.61. The van der Waals surface area contributed by atoms with E-state index in [1.54, 1.807) is 7.11 Å². The zero-order chi connectivity index (χ0) is 20.0. The van der Waals surface area contributed by atoms with E-state index in [1.807, 2.05) is 19.2 Å². The van der Waals surface area contributed by atoms with E-state index in [0.717, 1.165) is 63.9 Å². The fourth-order valence-electron chi connectivity index (χ4n) is 3.12. The molecule has 1 N–H and O–H groups in total. The molecule has 2 rings (SSSR count). The zero-order valence-electron chi connectivity index (χ0n) is 17.7. The van der Waals surface area contributed by atoms with Crippen molar-refractivity contribution < 1.29 is 14.2 Å². The molecule has 0 spiro atoms. The second-order valence-electron chi connectivity index (χ2n) is 6.73. The summed E-state index contributed by atoms with van der Waals surface area (Å²) in [5.41, 5.74) is 1.21. The minimum absolute atomic E-state index is 0.642. The van der Waals surface area contributed by atoms with E-state index in [4.69, 9.17) is 14.2 Å². The average molecular weight is 393 g/mol. The van der Waals surface area contributed by atoms with Gasteiger partial charge in [-0.25, -0.2) is 0 Å². The Morgan fingerprint density at radius 3 is 2.50 bits per heavy atom. The zero-order valence-corrected chi connectivity index (χ0v) is 17.7. The number of rotatable bonds is 11. The van der Waals surface area contributed by atoms with Gasteiger partial charge in [0.15, 0.2) is 5.96 Å². The van der Waals surface area contributed by atoms with Crippen LogP contribution in [0.25, 0.3) is 0 Å². The van der Waals surface area contributed by atoms with Crippen molar-refractivity contribution in [2.24, 2.45) is 4.99 Å². The largest absolute Gasteiger partial charge is 0.497 e. The van der Waals surface area contributed by atoms with Crippen LogP contribution in [-0.2, 0) is 9.47 Å². The summed E-state index contributed by atoms with van der Waals surface area (Å²) in [5.74, 6) is 1.83. The fourth-order valence-corrected chi connectivity index (χ4v) is 3.12. The first kappa shape index (κ1) is 22.3. The van der Waals surface area contributed by atoms with Crippen LogP contribution < -0.4 is 15.0 Å². The summed E-state index contributed by atoms with van der Waals surface area (Å²) < 4.78 is 16.4. The van der Waals surface area contributed by atoms with Gasteiger partial charge in [-0.3, -0.25) is 4.99 Å². The van der Waals surface area contributed by atoms with E-state index in [0.29, 0.717) is 19.8 Å². The third kappa shape index (κ3) is 7.56. The van der Waals surface area contributed by atoms with Crippen molar-refractivity contribution in [2.45, 2.75) is 19.8 Å². The van der Waals surface area contributed by atoms with Gasteiger partial charge in [-0.15, -0.1) is 0 Å². The minimum atomic E-state index is 0.642. The number of ether oxygens (including phenoxy) is 3. The van der Waals surface area contributed by atoms with Crippen molar-refractivity contribution >= 4 is 11.6 Å². The molecule has 0 aliphatic carbocycles. The van der Waals surface area contributed by atoms with Crippen LogP contribution >= 0.6 is 0 Å². The number of nitrogens with zero attached hydrogens (tertiary/aromatic N) is 3. The van der Waals surface area contributed by atoms with E-state index in [-0.39, 0.29) is 0 Å². The summed E-state index contributed by atoms with van der Waals surface area (Å²) in [7, 11) is 3.54. The molecular formula is C21H36N4O3. The molecule has 1 saturated heterocycles. The van der Waals surface area contributed by atoms with Gasteiger partial charge in [0.25, 0.3) is 0 Å². The van der Waals surface area contributed by atoms with Gasteiger partial charge in [0.2, 0.25) is 0 Å². The van der Waals surface area contributed by atoms with E-state index >= 15 is 0 Å². The molecule has 0 radical (unpaired) electrons. The van der Waals surface area contributed by atoms with Crippen molar-refractivity contribution in [2.75, 3.05) is 78.2 Å². The summed E-state index contributed by atoms with van der Waals surface area (Å²) in [4.78, 5) is 9.10. The standard InChI is InChI=1S/C21H36N4O3/c1-4-5-14-27-16-17-28-15-9-23-21(22-2)25-12-10-24(11-13-25)19-7-6-8-20(18-19)26-3/h6-8,18H,4-5,9-17H2,1-3H3,(H,22,23). The molecule has 0 saturated carbocycles. The number of nitrogens with one attached hydrogen (secondary N) is 1. The van der Waals surface area contributed by atoms with Crippen molar-refractivity contribution in [3.8, 4) is 5.75 Å². The Kier molecular flexibility index (Phi) is 10.5. The topological polar surface area (TPSA) is 58.6 Å². The van der Waals surface area contributed by atoms with Gasteiger partial charge in [0.1, 0.15) is 5.75 Å². The van der Waals surface area contributed by atoms with Gasteiger partial charge < -0.3 is 29.3 Å². The average Bonchev–Trinajstić information content (AvgIpc) is 2.75. The van der Waals surface area contributed by atoms with E-state index in [9.17, 15) is 0 Å². The first-order valence-corrected chi connectivity index (χ1v) is 10.3. The SMILES string of the molecule is CCCCOCCOCCNC(=NC)N1CCN(c2cccc(OC)c2)CC1. The molecule has 1 aromatic carbocycles. The lowest BCUT2D eigenvalue weighted by Gasteiger charge is -2.37. The third-order valence-electron chi connectivity index (χ3n) is 4.75. The van der Waals surface area contributed by atoms with Crippen molar-refractivity contribution in [3.05, 3.63) is 24.3 Å². The monoisotopic (exact) mass is 392 g/mol. The summed E-state index contributed by atoms with van der Waals surface area (Å²) in [6.45, 7) is 9.48. The number of aliphatic imine (C=N–C) groups is 1. The van der Waals surface area contributed by atoms with Crippen LogP contribution in [-0.4, -0.2) is 84.2 Å². The number of benzene rings is 1. The van der Waals surface area contributed by atoms with Crippen molar-refractivity contribution in [1.29, 1.82) is 0 Å². The highest BCUT2D eigenvalue weighted by Crippen LogP contribution is 2.22. The molecule has 7 nitrogen and oxygen atoms in total. The van der Waals surface area contributed by atoms with Crippen molar-refractivity contribution in [1.82, 2.24) is 10.2 Å². The Labute approximate surface area is 169 Å². The Morgan fingerprint density at radius 1 is 1.07 bits per heavy atom. The highest BCUT2D eigenvalue weighted by Gasteiger charge is 2.19. The molecule has 0 bridgehead atoms. The second-order valence-corrected chi connectivity index (χ2v) is 6.73. The lowest BCUT2D eigenvalue weighted by Crippen LogP contribution is -2.53. The summed E-state index contributed by atoms with van der Waals surface area (Å²) in [6.07, 6.45) is 2.28. The number of unbranched alkanes of at least 4 members (excludes halogenated alkanes) is 1. The van der Waals surface area contributed by atoms with Crippen LogP contribution in [0.1, 0.15) is 19.8 Å². The predicted molar refractivity (Wildman–Crippen MR) is 115 cm³/mol. The van der Waals surface area contributed by atoms with E-state index in [2.05, 4.69) is 39.2 Å². The van der Waals surface area contributed by atoms with Gasteiger partial charge in [-0.2, -0.15) is 0 Å². The lowest BCUT2D eigenvalue weighted by molar-refractivity contribution is 0.0486. The van der Waals surface area contributed by atoms with Crippen molar-refractivity contribution in [3.63, 3.8) is 0 Å². The molecule has 0 amide bonds. The van der Waals surface area contributed by atoms with Gasteiger partial charge in [-0.05, 0) is 18.6 Å². The quantitative estimate of drug-likeness (QED) is 0.354. The number of anilines is 1. The second kappa shape index (κ2) is 13.2. The van der Waals surface area contributed by atoms with Crippen LogP contribution in [0.3, 0.4) is 0 Å². The summed E-state index contributed by atoms with van der Waals surface area (Å²) in [6, 6.07) is 8.24. The minimum Gasteiger partial charge on any atom is -0.497 e. The molecule has 1 heterocycles. The van der Waals surface area contributed by atoms with Gasteiger partial charge in [0, 0.05) is 58.1 Å². The first-order valence-electron chi connectivity index (χ1n) is 10.3. The van der Waals surface area contributed by atoms with Crippen LogP contribution in [0.15, 0.2) is 29.3 Å². The van der Waals surface area contributed by atoms with Crippen LogP contribution in [0, 0.1) is 0 Å². The Balaban J connectivity index is 1.63. The smallest absolute Gasteiger partial charge is 0.193 e. The molecule has 0 atom stereocenters. The van der Waals surface area contributed by atoms with Crippen LogP contribution in [0.2, 0.25) is 0 Å². The fraction of sp³-hybridized carbons (Fsp3) is 0.667. The van der Waals surface area contributed by atoms with Gasteiger partial charge in [0.05, 0.1) is 26.9 Å². The molecular weight excluding hydrogens is 356 g/mol. The predicted octanol–water partition coefficient (Wildman–Crippen LogP) is 2.23. The van der Waals surface area contributed by atoms with Crippen LogP contribution in [0.4, 0.5) is 5.69 Å². The highest BCUT2D eigenvalue weighted by atomic mass is 16.5. The molecule has 1 aliphatic heterocycles. The molecule has 1 fully saturated rings.